The number of hydrogen-bond acceptors (Lipinski definition) is 8. The summed E-state index contributed by atoms with van der Waals surface area (Å²) in [5.74, 6) is 0.0417. The van der Waals surface area contributed by atoms with Crippen LogP contribution in [0.2, 0.25) is 0 Å². The Balaban J connectivity index is 1.50. The van der Waals surface area contributed by atoms with Gasteiger partial charge >= 0.3 is 0 Å². The van der Waals surface area contributed by atoms with Gasteiger partial charge in [-0.05, 0) is 38.0 Å². The number of nitrogens with zero attached hydrogens (tertiary/aromatic N) is 5. The van der Waals surface area contributed by atoms with Crippen LogP contribution in [0, 0.1) is 0 Å². The first-order valence-corrected chi connectivity index (χ1v) is 11.5. The van der Waals surface area contributed by atoms with Crippen molar-refractivity contribution in [3.05, 3.63) is 54.1 Å². The molecule has 0 aliphatic carbocycles. The maximum Gasteiger partial charge on any atom is 0.231 e. The minimum atomic E-state index is 0.0417. The van der Waals surface area contributed by atoms with E-state index >= 15 is 0 Å². The summed E-state index contributed by atoms with van der Waals surface area (Å²) in [7, 11) is 0. The zero-order valence-corrected chi connectivity index (χ0v) is 18.0. The van der Waals surface area contributed by atoms with Crippen LogP contribution < -0.4 is 4.90 Å². The predicted octanol–water partition coefficient (Wildman–Crippen LogP) is 6.64. The average Bonchev–Trinajstić information content (AvgIpc) is 3.51. The van der Waals surface area contributed by atoms with Crippen molar-refractivity contribution in [1.82, 2.24) is 9.97 Å². The highest BCUT2D eigenvalue weighted by molar-refractivity contribution is 7.22. The predicted molar refractivity (Wildman–Crippen MR) is 123 cm³/mol. The van der Waals surface area contributed by atoms with E-state index in [1.165, 1.54) is 24.2 Å². The lowest BCUT2D eigenvalue weighted by atomic mass is 10.1. The van der Waals surface area contributed by atoms with Crippen molar-refractivity contribution in [3.63, 3.8) is 0 Å². The fourth-order valence-corrected chi connectivity index (χ4v) is 5.25. The largest absolute Gasteiger partial charge is 0.348 e. The number of rotatable bonds is 5. The number of carbonyl (C=O) groups is 1. The molecule has 0 atom stereocenters. The first-order chi connectivity index (χ1) is 14.7. The van der Waals surface area contributed by atoms with E-state index in [0.29, 0.717) is 10.7 Å². The van der Waals surface area contributed by atoms with E-state index in [4.69, 9.17) is 4.98 Å². The van der Waals surface area contributed by atoms with Gasteiger partial charge in [0.2, 0.25) is 5.13 Å². The van der Waals surface area contributed by atoms with Crippen LogP contribution in [0.25, 0.3) is 21.5 Å². The summed E-state index contributed by atoms with van der Waals surface area (Å²) in [4.78, 5) is 23.4. The Morgan fingerprint density at radius 2 is 1.80 bits per heavy atom. The maximum absolute atomic E-state index is 11.6. The molecule has 0 saturated carbocycles. The molecule has 0 unspecified atom stereocenters. The van der Waals surface area contributed by atoms with Crippen molar-refractivity contribution in [2.75, 3.05) is 18.0 Å². The minimum absolute atomic E-state index is 0.0417. The standard InChI is InChI=1S/C22H19N5OS2/c1-14(28)16-9-10-17-18(13-16)29-21(23-17)26-25-20-19(15-7-3-2-4-8-15)24-22(30-20)27-11-5-6-12-27/h2-4,7-10,13H,5-6,11-12H2,1H3/b26-25+. The van der Waals surface area contributed by atoms with Gasteiger partial charge in [-0.25, -0.2) is 9.97 Å². The van der Waals surface area contributed by atoms with Gasteiger partial charge in [0.05, 0.1) is 10.2 Å². The number of fused-ring (bicyclic) bond motifs is 1. The van der Waals surface area contributed by atoms with Crippen LogP contribution in [0.1, 0.15) is 30.1 Å². The fraction of sp³-hybridized carbons (Fsp3) is 0.227. The molecule has 6 nitrogen and oxygen atoms in total. The Kier molecular flexibility index (Phi) is 5.10. The molecular weight excluding hydrogens is 414 g/mol. The molecule has 150 valence electrons. The molecule has 4 aromatic rings. The van der Waals surface area contributed by atoms with Gasteiger partial charge in [-0.15, -0.1) is 10.2 Å². The van der Waals surface area contributed by atoms with E-state index in [-0.39, 0.29) is 5.78 Å². The van der Waals surface area contributed by atoms with E-state index in [9.17, 15) is 4.79 Å². The molecule has 0 spiro atoms. The highest BCUT2D eigenvalue weighted by Gasteiger charge is 2.20. The normalized spacial score (nSPS) is 14.2. The number of anilines is 1. The number of aromatic nitrogens is 2. The molecule has 1 saturated heterocycles. The van der Waals surface area contributed by atoms with Crippen LogP contribution in [-0.4, -0.2) is 28.8 Å². The summed E-state index contributed by atoms with van der Waals surface area (Å²) in [6.07, 6.45) is 2.40. The summed E-state index contributed by atoms with van der Waals surface area (Å²) < 4.78 is 0.932. The Labute approximate surface area is 181 Å². The summed E-state index contributed by atoms with van der Waals surface area (Å²) in [5.41, 5.74) is 3.39. The summed E-state index contributed by atoms with van der Waals surface area (Å²) in [6, 6.07) is 15.6. The Hall–Kier alpha value is -2.97. The van der Waals surface area contributed by atoms with Crippen molar-refractivity contribution < 1.29 is 4.79 Å². The van der Waals surface area contributed by atoms with Gasteiger partial charge in [0, 0.05) is 24.2 Å². The number of ketones is 1. The van der Waals surface area contributed by atoms with Crippen molar-refractivity contribution in [3.8, 4) is 11.3 Å². The lowest BCUT2D eigenvalue weighted by Crippen LogP contribution is -2.17. The number of Topliss-reactive ketones (excluding diaryl/α,β-unsaturated/α-hetero) is 1. The van der Waals surface area contributed by atoms with Gasteiger partial charge in [0.15, 0.2) is 15.9 Å². The van der Waals surface area contributed by atoms with Crippen LogP contribution in [0.15, 0.2) is 58.8 Å². The van der Waals surface area contributed by atoms with Crippen LogP contribution in [0.4, 0.5) is 15.3 Å². The van der Waals surface area contributed by atoms with Gasteiger partial charge in [0.1, 0.15) is 5.69 Å². The first kappa shape index (κ1) is 19.0. The van der Waals surface area contributed by atoms with Crippen molar-refractivity contribution in [2.24, 2.45) is 10.2 Å². The molecule has 0 radical (unpaired) electrons. The SMILES string of the molecule is CC(=O)c1ccc2nc(/N=N/c3sc(N4CCCC4)nc3-c3ccccc3)sc2c1. The van der Waals surface area contributed by atoms with Gasteiger partial charge in [-0.3, -0.25) is 4.79 Å². The Morgan fingerprint density at radius 1 is 1.00 bits per heavy atom. The molecule has 0 N–H and O–H groups in total. The van der Waals surface area contributed by atoms with E-state index in [0.717, 1.165) is 44.7 Å². The number of carbonyl (C=O) groups excluding carboxylic acids is 1. The van der Waals surface area contributed by atoms with Gasteiger partial charge in [0.25, 0.3) is 0 Å². The first-order valence-electron chi connectivity index (χ1n) is 9.82. The third-order valence-corrected chi connectivity index (χ3v) is 6.93. The number of benzene rings is 2. The minimum Gasteiger partial charge on any atom is -0.348 e. The molecule has 5 rings (SSSR count). The second kappa shape index (κ2) is 8.04. The summed E-state index contributed by atoms with van der Waals surface area (Å²) in [5, 5.41) is 11.3. The molecule has 30 heavy (non-hydrogen) atoms. The third-order valence-electron chi connectivity index (χ3n) is 5.03. The second-order valence-electron chi connectivity index (χ2n) is 7.15. The maximum atomic E-state index is 11.6. The van der Waals surface area contributed by atoms with Crippen molar-refractivity contribution in [1.29, 1.82) is 0 Å². The average molecular weight is 434 g/mol. The van der Waals surface area contributed by atoms with Crippen molar-refractivity contribution in [2.45, 2.75) is 19.8 Å². The van der Waals surface area contributed by atoms with E-state index in [1.54, 1.807) is 24.3 Å². The monoisotopic (exact) mass is 433 g/mol. The lowest BCUT2D eigenvalue weighted by molar-refractivity contribution is 0.101. The molecule has 2 aromatic carbocycles. The van der Waals surface area contributed by atoms with Crippen LogP contribution >= 0.6 is 22.7 Å². The number of hydrogen-bond donors (Lipinski definition) is 0. The molecule has 0 bridgehead atoms. The molecule has 3 heterocycles. The summed E-state index contributed by atoms with van der Waals surface area (Å²) >= 11 is 3.00. The van der Waals surface area contributed by atoms with Gasteiger partial charge < -0.3 is 4.90 Å². The zero-order chi connectivity index (χ0) is 20.5. The molecule has 8 heteroatoms. The van der Waals surface area contributed by atoms with Crippen molar-refractivity contribution >= 4 is 53.9 Å². The summed E-state index contributed by atoms with van der Waals surface area (Å²) in [6.45, 7) is 3.64. The molecule has 2 aromatic heterocycles. The third kappa shape index (κ3) is 3.76. The topological polar surface area (TPSA) is 70.8 Å². The highest BCUT2D eigenvalue weighted by Crippen LogP contribution is 2.41. The fourth-order valence-electron chi connectivity index (χ4n) is 3.46. The smallest absolute Gasteiger partial charge is 0.231 e. The molecule has 1 fully saturated rings. The van der Waals surface area contributed by atoms with Crippen LogP contribution in [-0.2, 0) is 0 Å². The number of azo groups is 1. The molecule has 0 amide bonds. The van der Waals surface area contributed by atoms with E-state index in [1.807, 2.05) is 42.5 Å². The Bertz CT molecular complexity index is 1240. The number of thiazole rings is 2. The molecular formula is C22H19N5OS2. The Morgan fingerprint density at radius 3 is 2.57 bits per heavy atom. The second-order valence-corrected chi connectivity index (χ2v) is 9.11. The van der Waals surface area contributed by atoms with Gasteiger partial charge in [-0.2, -0.15) is 0 Å². The molecule has 1 aliphatic heterocycles. The molecule has 1 aliphatic rings. The van der Waals surface area contributed by atoms with Crippen LogP contribution in [0.3, 0.4) is 0 Å². The highest BCUT2D eigenvalue weighted by atomic mass is 32.1. The van der Waals surface area contributed by atoms with Gasteiger partial charge in [-0.1, -0.05) is 53.0 Å². The van der Waals surface area contributed by atoms with Crippen LogP contribution in [0.5, 0.6) is 0 Å². The van der Waals surface area contributed by atoms with E-state index in [2.05, 4.69) is 20.1 Å². The van der Waals surface area contributed by atoms with E-state index < -0.39 is 0 Å². The lowest BCUT2D eigenvalue weighted by Gasteiger charge is -2.11. The zero-order valence-electron chi connectivity index (χ0n) is 16.4. The quantitative estimate of drug-likeness (QED) is 0.261.